The van der Waals surface area contributed by atoms with Crippen LogP contribution in [0, 0.1) is 0 Å². The lowest BCUT2D eigenvalue weighted by atomic mass is 10.3. The van der Waals surface area contributed by atoms with E-state index in [0.29, 0.717) is 23.8 Å². The first-order valence-corrected chi connectivity index (χ1v) is 7.32. The summed E-state index contributed by atoms with van der Waals surface area (Å²) in [6, 6.07) is 0. The van der Waals surface area contributed by atoms with Crippen LogP contribution in [0.2, 0.25) is 0 Å². The second kappa shape index (κ2) is 5.95. The van der Waals surface area contributed by atoms with Gasteiger partial charge in [0.25, 0.3) is 5.91 Å². The van der Waals surface area contributed by atoms with Gasteiger partial charge in [-0.2, -0.15) is 0 Å². The van der Waals surface area contributed by atoms with Crippen molar-refractivity contribution in [1.82, 2.24) is 10.3 Å². The highest BCUT2D eigenvalue weighted by molar-refractivity contribution is 7.84. The molecule has 0 spiro atoms. The molecule has 0 saturated carbocycles. The molecule has 1 amide bonds. The normalized spacial score (nSPS) is 14.4. The Morgan fingerprint density at radius 3 is 2.94 bits per heavy atom. The highest BCUT2D eigenvalue weighted by atomic mass is 32.2. The van der Waals surface area contributed by atoms with E-state index >= 15 is 0 Å². The Hall–Kier alpha value is -0.950. The molecule has 0 aliphatic carbocycles. The molecule has 2 atom stereocenters. The fourth-order valence-corrected chi connectivity index (χ4v) is 2.03. The van der Waals surface area contributed by atoms with E-state index in [0.717, 1.165) is 0 Å². The third-order valence-electron chi connectivity index (χ3n) is 2.16. The van der Waals surface area contributed by atoms with Crippen LogP contribution < -0.4 is 11.1 Å². The summed E-state index contributed by atoms with van der Waals surface area (Å²) < 4.78 is 11.1. The van der Waals surface area contributed by atoms with Crippen molar-refractivity contribution < 1.29 is 9.00 Å². The highest BCUT2D eigenvalue weighted by Gasteiger charge is 2.10. The standard InChI is InChI=1S/C9H15N3O2S2/c1-6(16(2)14)3-4-11-8(13)7-5-15-9(10)12-7/h5-6H,3-4H2,1-2H3,(H2,10,12)(H,11,13). The summed E-state index contributed by atoms with van der Waals surface area (Å²) in [5.41, 5.74) is 5.76. The summed E-state index contributed by atoms with van der Waals surface area (Å²) in [4.78, 5) is 15.4. The van der Waals surface area contributed by atoms with Crippen molar-refractivity contribution in [3.8, 4) is 0 Å². The van der Waals surface area contributed by atoms with Gasteiger partial charge in [0, 0.05) is 34.2 Å². The van der Waals surface area contributed by atoms with Crippen molar-refractivity contribution in [3.05, 3.63) is 11.1 Å². The molecule has 1 aromatic heterocycles. The summed E-state index contributed by atoms with van der Waals surface area (Å²) in [5, 5.41) is 4.80. The van der Waals surface area contributed by atoms with Gasteiger partial charge < -0.3 is 11.1 Å². The molecule has 0 bridgehead atoms. The molecule has 5 nitrogen and oxygen atoms in total. The summed E-state index contributed by atoms with van der Waals surface area (Å²) in [5.74, 6) is -0.234. The van der Waals surface area contributed by atoms with Crippen LogP contribution in [0.5, 0.6) is 0 Å². The number of hydrogen-bond donors (Lipinski definition) is 2. The van der Waals surface area contributed by atoms with Gasteiger partial charge in [-0.25, -0.2) is 4.98 Å². The van der Waals surface area contributed by atoms with Gasteiger partial charge in [0.15, 0.2) is 5.13 Å². The average Bonchev–Trinajstić information content (AvgIpc) is 2.64. The number of amides is 1. The first kappa shape index (κ1) is 13.1. The molecule has 16 heavy (non-hydrogen) atoms. The minimum atomic E-state index is -0.850. The monoisotopic (exact) mass is 261 g/mol. The Labute approximate surface area is 101 Å². The molecule has 0 saturated heterocycles. The van der Waals surface area contributed by atoms with Crippen LogP contribution in [0.15, 0.2) is 5.38 Å². The molecular formula is C9H15N3O2S2. The number of anilines is 1. The number of rotatable bonds is 5. The summed E-state index contributed by atoms with van der Waals surface area (Å²) in [6.45, 7) is 2.39. The fraction of sp³-hybridized carbons (Fsp3) is 0.556. The molecule has 0 fully saturated rings. The molecule has 0 radical (unpaired) electrons. The first-order valence-electron chi connectivity index (χ1n) is 4.82. The summed E-state index contributed by atoms with van der Waals surface area (Å²) >= 11 is 1.23. The topological polar surface area (TPSA) is 85.1 Å². The van der Waals surface area contributed by atoms with Gasteiger partial charge >= 0.3 is 0 Å². The number of carbonyl (C=O) groups excluding carboxylic acids is 1. The van der Waals surface area contributed by atoms with E-state index in [-0.39, 0.29) is 11.2 Å². The molecule has 7 heteroatoms. The SMILES string of the molecule is CC(CCNC(=O)c1csc(N)n1)S(C)=O. The van der Waals surface area contributed by atoms with Crippen LogP contribution in [0.3, 0.4) is 0 Å². The molecule has 0 aliphatic rings. The lowest BCUT2D eigenvalue weighted by Gasteiger charge is -2.08. The van der Waals surface area contributed by atoms with Crippen LogP contribution in [0.4, 0.5) is 5.13 Å². The fourth-order valence-electron chi connectivity index (χ4n) is 1.04. The number of nitrogen functional groups attached to an aromatic ring is 1. The van der Waals surface area contributed by atoms with E-state index in [4.69, 9.17) is 5.73 Å². The van der Waals surface area contributed by atoms with E-state index in [1.165, 1.54) is 11.3 Å². The van der Waals surface area contributed by atoms with Gasteiger partial charge in [-0.1, -0.05) is 6.92 Å². The van der Waals surface area contributed by atoms with Crippen molar-refractivity contribution >= 4 is 33.2 Å². The molecular weight excluding hydrogens is 246 g/mol. The van der Waals surface area contributed by atoms with Gasteiger partial charge in [0.1, 0.15) is 5.69 Å². The minimum Gasteiger partial charge on any atom is -0.375 e. The van der Waals surface area contributed by atoms with Crippen LogP contribution >= 0.6 is 11.3 Å². The largest absolute Gasteiger partial charge is 0.375 e. The highest BCUT2D eigenvalue weighted by Crippen LogP contribution is 2.10. The Balaban J connectivity index is 2.34. The first-order chi connectivity index (χ1) is 7.50. The summed E-state index contributed by atoms with van der Waals surface area (Å²) in [6.07, 6.45) is 2.35. The molecule has 0 aliphatic heterocycles. The molecule has 0 aromatic carbocycles. The smallest absolute Gasteiger partial charge is 0.270 e. The van der Waals surface area contributed by atoms with Crippen molar-refractivity contribution in [2.24, 2.45) is 0 Å². The van der Waals surface area contributed by atoms with Crippen LogP contribution in [-0.2, 0) is 10.8 Å². The second-order valence-corrected chi connectivity index (χ2v) is 6.12. The third kappa shape index (κ3) is 3.90. The second-order valence-electron chi connectivity index (χ2n) is 3.42. The van der Waals surface area contributed by atoms with Crippen molar-refractivity contribution in [2.45, 2.75) is 18.6 Å². The number of carbonyl (C=O) groups is 1. The van der Waals surface area contributed by atoms with Crippen molar-refractivity contribution in [1.29, 1.82) is 0 Å². The third-order valence-corrected chi connectivity index (χ3v) is 4.20. The van der Waals surface area contributed by atoms with Crippen LogP contribution in [0.1, 0.15) is 23.8 Å². The van der Waals surface area contributed by atoms with Gasteiger partial charge in [-0.05, 0) is 6.42 Å². The van der Waals surface area contributed by atoms with E-state index < -0.39 is 10.8 Å². The van der Waals surface area contributed by atoms with E-state index in [2.05, 4.69) is 10.3 Å². The zero-order valence-corrected chi connectivity index (χ0v) is 10.9. The van der Waals surface area contributed by atoms with Gasteiger partial charge in [0.05, 0.1) is 0 Å². The Morgan fingerprint density at radius 1 is 1.75 bits per heavy atom. The predicted molar refractivity (Wildman–Crippen MR) is 67.0 cm³/mol. The zero-order chi connectivity index (χ0) is 12.1. The molecule has 90 valence electrons. The maximum Gasteiger partial charge on any atom is 0.270 e. The summed E-state index contributed by atoms with van der Waals surface area (Å²) in [7, 11) is -0.850. The number of hydrogen-bond acceptors (Lipinski definition) is 5. The lowest BCUT2D eigenvalue weighted by molar-refractivity contribution is 0.0949. The molecule has 2 unspecified atom stereocenters. The number of nitrogens with two attached hydrogens (primary N) is 1. The Kier molecular flexibility index (Phi) is 4.88. The zero-order valence-electron chi connectivity index (χ0n) is 9.23. The number of nitrogens with one attached hydrogen (secondary N) is 1. The molecule has 1 rings (SSSR count). The quantitative estimate of drug-likeness (QED) is 0.813. The van der Waals surface area contributed by atoms with Crippen LogP contribution in [0.25, 0.3) is 0 Å². The van der Waals surface area contributed by atoms with Crippen molar-refractivity contribution in [3.63, 3.8) is 0 Å². The maximum atomic E-state index is 11.5. The minimum absolute atomic E-state index is 0.0841. The number of nitrogens with zero attached hydrogens (tertiary/aromatic N) is 1. The lowest BCUT2D eigenvalue weighted by Crippen LogP contribution is -2.27. The van der Waals surface area contributed by atoms with E-state index in [1.54, 1.807) is 11.6 Å². The molecule has 3 N–H and O–H groups in total. The molecule has 1 heterocycles. The van der Waals surface area contributed by atoms with E-state index in [1.807, 2.05) is 6.92 Å². The van der Waals surface area contributed by atoms with Gasteiger partial charge in [0.2, 0.25) is 0 Å². The van der Waals surface area contributed by atoms with E-state index in [9.17, 15) is 9.00 Å². The van der Waals surface area contributed by atoms with Crippen molar-refractivity contribution in [2.75, 3.05) is 18.5 Å². The van der Waals surface area contributed by atoms with Gasteiger partial charge in [-0.3, -0.25) is 9.00 Å². The van der Waals surface area contributed by atoms with Gasteiger partial charge in [-0.15, -0.1) is 11.3 Å². The van der Waals surface area contributed by atoms with Crippen LogP contribution in [-0.4, -0.2) is 33.2 Å². The average molecular weight is 261 g/mol. The Morgan fingerprint density at radius 2 is 2.44 bits per heavy atom. The Bertz CT molecular complexity index is 392. The number of aromatic nitrogens is 1. The predicted octanol–water partition coefficient (Wildman–Crippen LogP) is 0.612. The maximum absolute atomic E-state index is 11.5. The molecule has 1 aromatic rings. The number of thiazole rings is 1.